The van der Waals surface area contributed by atoms with Gasteiger partial charge < -0.3 is 19.7 Å². The van der Waals surface area contributed by atoms with Crippen LogP contribution in [0.1, 0.15) is 19.7 Å². The number of carbonyl (C=O) groups is 1. The van der Waals surface area contributed by atoms with E-state index in [0.29, 0.717) is 9.84 Å². The first-order chi connectivity index (χ1) is 12.0. The number of aliphatic hydroxyl groups is 1. The maximum absolute atomic E-state index is 12.2. The van der Waals surface area contributed by atoms with Crippen LogP contribution in [-0.4, -0.2) is 56.2 Å². The number of nitrogens with zero attached hydrogens (tertiary/aromatic N) is 2. The van der Waals surface area contributed by atoms with Gasteiger partial charge in [-0.05, 0) is 26.0 Å². The van der Waals surface area contributed by atoms with Gasteiger partial charge in [-0.2, -0.15) is 0 Å². The first kappa shape index (κ1) is 19.3. The molecule has 0 saturated heterocycles. The van der Waals surface area contributed by atoms with Crippen LogP contribution < -0.4 is 0 Å². The summed E-state index contributed by atoms with van der Waals surface area (Å²) in [6.45, 7) is 5.61. The Kier molecular flexibility index (Phi) is 6.83. The molecule has 1 aromatic heterocycles. The van der Waals surface area contributed by atoms with Gasteiger partial charge >= 0.3 is 5.97 Å². The van der Waals surface area contributed by atoms with Gasteiger partial charge in [-0.3, -0.25) is 0 Å². The number of para-hydroxylation sites is 2. The number of H-pyrrole nitrogens is 1. The number of nitrogens with one attached hydrogen (secondary N) is 1. The lowest BCUT2D eigenvalue weighted by Crippen LogP contribution is -2.27. The molecule has 0 saturated carbocycles. The van der Waals surface area contributed by atoms with E-state index in [2.05, 4.69) is 9.97 Å². The lowest BCUT2D eigenvalue weighted by molar-refractivity contribution is -0.133. The predicted molar refractivity (Wildman–Crippen MR) is 106 cm³/mol. The Morgan fingerprint density at radius 2 is 2.04 bits per heavy atom. The van der Waals surface area contributed by atoms with Gasteiger partial charge in [-0.15, -0.1) is 0 Å². The molecule has 0 spiro atoms. The molecule has 8 heteroatoms. The molecule has 0 fully saturated rings. The first-order valence-electron chi connectivity index (χ1n) is 7.89. The van der Waals surface area contributed by atoms with Gasteiger partial charge in [0.2, 0.25) is 0 Å². The maximum Gasteiger partial charge on any atom is 0.345 e. The smallest absolute Gasteiger partial charge is 0.345 e. The van der Waals surface area contributed by atoms with E-state index in [9.17, 15) is 9.90 Å². The van der Waals surface area contributed by atoms with Crippen LogP contribution in [0.15, 0.2) is 30.0 Å². The third kappa shape index (κ3) is 4.52. The minimum Gasteiger partial charge on any atom is -0.510 e. The number of hydrogen-bond donors (Lipinski definition) is 2. The second kappa shape index (κ2) is 8.87. The number of imidazole rings is 1. The number of hydrogen-bond acceptors (Lipinski definition) is 6. The number of benzene rings is 1. The van der Waals surface area contributed by atoms with E-state index in [0.717, 1.165) is 18.6 Å². The van der Waals surface area contributed by atoms with Crippen molar-refractivity contribution in [1.29, 1.82) is 0 Å². The standard InChI is InChI=1S/C17H21N3O3S2/c1-4-20(5-2)17(24)25-10-13(21)14(16(22)23-3)15-18-11-8-6-7-9-12(11)19-15/h6-9,21H,4-5,10H2,1-3H3,(H,18,19)/b14-13+. The lowest BCUT2D eigenvalue weighted by Gasteiger charge is -2.20. The van der Waals surface area contributed by atoms with Gasteiger partial charge in [0.15, 0.2) is 0 Å². The summed E-state index contributed by atoms with van der Waals surface area (Å²) in [6, 6.07) is 7.39. The molecule has 6 nitrogen and oxygen atoms in total. The third-order valence-corrected chi connectivity index (χ3v) is 5.19. The summed E-state index contributed by atoms with van der Waals surface area (Å²) in [4.78, 5) is 21.6. The zero-order valence-electron chi connectivity index (χ0n) is 14.4. The molecule has 0 atom stereocenters. The molecule has 2 aromatic rings. The Bertz CT molecular complexity index is 764. The Balaban J connectivity index is 2.30. The fourth-order valence-electron chi connectivity index (χ4n) is 2.30. The molecule has 2 N–H and O–H groups in total. The zero-order valence-corrected chi connectivity index (χ0v) is 16.0. The Morgan fingerprint density at radius 1 is 1.36 bits per heavy atom. The maximum atomic E-state index is 12.2. The molecule has 25 heavy (non-hydrogen) atoms. The van der Waals surface area contributed by atoms with Crippen LogP contribution >= 0.6 is 24.0 Å². The number of methoxy groups -OCH3 is 1. The van der Waals surface area contributed by atoms with Gasteiger partial charge in [-0.25, -0.2) is 9.78 Å². The van der Waals surface area contributed by atoms with Crippen LogP contribution in [0.25, 0.3) is 16.6 Å². The molecule has 0 aliphatic carbocycles. The number of thiocarbonyl (C=S) groups is 1. The monoisotopic (exact) mass is 379 g/mol. The molecule has 0 unspecified atom stereocenters. The largest absolute Gasteiger partial charge is 0.510 e. The quantitative estimate of drug-likeness (QED) is 0.345. The number of carbonyl (C=O) groups excluding carboxylic acids is 1. The van der Waals surface area contributed by atoms with Gasteiger partial charge in [0.05, 0.1) is 23.9 Å². The van der Waals surface area contributed by atoms with Crippen LogP contribution in [0.4, 0.5) is 0 Å². The van der Waals surface area contributed by atoms with Crippen LogP contribution in [0.5, 0.6) is 0 Å². The lowest BCUT2D eigenvalue weighted by atomic mass is 10.2. The van der Waals surface area contributed by atoms with Gasteiger partial charge in [0.1, 0.15) is 21.5 Å². The summed E-state index contributed by atoms with van der Waals surface area (Å²) in [5.41, 5.74) is 1.50. The van der Waals surface area contributed by atoms with Crippen molar-refractivity contribution in [2.75, 3.05) is 26.0 Å². The Labute approximate surface area is 156 Å². The molecule has 0 radical (unpaired) electrons. The van der Waals surface area contributed by atoms with E-state index in [4.69, 9.17) is 17.0 Å². The fraction of sp³-hybridized carbons (Fsp3) is 0.353. The normalized spacial score (nSPS) is 12.0. The number of ether oxygens (including phenoxy) is 1. The highest BCUT2D eigenvalue weighted by Crippen LogP contribution is 2.23. The van der Waals surface area contributed by atoms with Crippen molar-refractivity contribution in [2.45, 2.75) is 13.8 Å². The highest BCUT2D eigenvalue weighted by molar-refractivity contribution is 8.23. The fourth-order valence-corrected chi connectivity index (χ4v) is 3.58. The van der Waals surface area contributed by atoms with E-state index < -0.39 is 5.97 Å². The van der Waals surface area contributed by atoms with Crippen LogP contribution in [0.2, 0.25) is 0 Å². The molecular weight excluding hydrogens is 358 g/mol. The first-order valence-corrected chi connectivity index (χ1v) is 9.28. The average Bonchev–Trinajstić information content (AvgIpc) is 3.04. The van der Waals surface area contributed by atoms with Crippen LogP contribution in [0.3, 0.4) is 0 Å². The minimum absolute atomic E-state index is 0.0218. The average molecular weight is 380 g/mol. The number of esters is 1. The van der Waals surface area contributed by atoms with Crippen molar-refractivity contribution < 1.29 is 14.6 Å². The van der Waals surface area contributed by atoms with E-state index in [1.54, 1.807) is 0 Å². The van der Waals surface area contributed by atoms with Crippen LogP contribution in [-0.2, 0) is 9.53 Å². The molecule has 0 amide bonds. The van der Waals surface area contributed by atoms with Gasteiger partial charge in [0.25, 0.3) is 0 Å². The summed E-state index contributed by atoms with van der Waals surface area (Å²) in [5, 5.41) is 10.5. The van der Waals surface area contributed by atoms with Crippen molar-refractivity contribution in [3.05, 3.63) is 35.8 Å². The highest BCUT2D eigenvalue weighted by Gasteiger charge is 2.22. The number of fused-ring (bicyclic) bond motifs is 1. The Morgan fingerprint density at radius 3 is 2.64 bits per heavy atom. The van der Waals surface area contributed by atoms with Gasteiger partial charge in [-0.1, -0.05) is 36.1 Å². The topological polar surface area (TPSA) is 78.4 Å². The summed E-state index contributed by atoms with van der Waals surface area (Å²) < 4.78 is 5.48. The van der Waals surface area contributed by atoms with Crippen molar-refractivity contribution in [1.82, 2.24) is 14.9 Å². The zero-order chi connectivity index (χ0) is 18.4. The molecule has 0 aliphatic rings. The summed E-state index contributed by atoms with van der Waals surface area (Å²) in [7, 11) is 1.27. The van der Waals surface area contributed by atoms with Crippen molar-refractivity contribution in [3.8, 4) is 0 Å². The van der Waals surface area contributed by atoms with E-state index in [1.807, 2.05) is 43.0 Å². The van der Waals surface area contributed by atoms with Gasteiger partial charge in [0, 0.05) is 13.1 Å². The number of aliphatic hydroxyl groups excluding tert-OH is 1. The SMILES string of the molecule is CCN(CC)C(=S)SC/C(O)=C(\C(=O)OC)c1nc2ccccc2[nH]1. The Hall–Kier alpha value is -2.06. The molecule has 134 valence electrons. The minimum atomic E-state index is -0.647. The molecule has 0 aliphatic heterocycles. The summed E-state index contributed by atoms with van der Waals surface area (Å²) in [5.74, 6) is -0.326. The van der Waals surface area contributed by atoms with Crippen molar-refractivity contribution >= 4 is 50.9 Å². The summed E-state index contributed by atoms with van der Waals surface area (Å²) in [6.07, 6.45) is 0. The molecule has 1 aromatic carbocycles. The summed E-state index contributed by atoms with van der Waals surface area (Å²) >= 11 is 6.66. The predicted octanol–water partition coefficient (Wildman–Crippen LogP) is 3.36. The third-order valence-electron chi connectivity index (χ3n) is 3.66. The van der Waals surface area contributed by atoms with E-state index in [-0.39, 0.29) is 22.9 Å². The second-order valence-corrected chi connectivity index (χ2v) is 6.75. The van der Waals surface area contributed by atoms with E-state index in [1.165, 1.54) is 18.9 Å². The number of aromatic amines is 1. The van der Waals surface area contributed by atoms with Crippen LogP contribution in [0, 0.1) is 0 Å². The molecular formula is C17H21N3O3S2. The number of rotatable bonds is 6. The second-order valence-electron chi connectivity index (χ2n) is 5.14. The molecule has 0 bridgehead atoms. The number of aromatic nitrogens is 2. The molecule has 1 heterocycles. The highest BCUT2D eigenvalue weighted by atomic mass is 32.2. The molecule has 2 rings (SSSR count). The number of thioether (sulfide) groups is 1. The van der Waals surface area contributed by atoms with Crippen molar-refractivity contribution in [2.24, 2.45) is 0 Å². The van der Waals surface area contributed by atoms with E-state index >= 15 is 0 Å². The van der Waals surface area contributed by atoms with Crippen molar-refractivity contribution in [3.63, 3.8) is 0 Å².